The third-order valence-electron chi connectivity index (χ3n) is 3.00. The number of hydrogen-bond acceptors (Lipinski definition) is 6. The Kier molecular flexibility index (Phi) is 3.43. The van der Waals surface area contributed by atoms with Gasteiger partial charge in [0, 0.05) is 6.42 Å². The van der Waals surface area contributed by atoms with E-state index in [2.05, 4.69) is 15.4 Å². The van der Waals surface area contributed by atoms with Gasteiger partial charge in [0.05, 0.1) is 24.2 Å². The Morgan fingerprint density at radius 3 is 2.88 bits per heavy atom. The predicted molar refractivity (Wildman–Crippen MR) is 59.9 cm³/mol. The van der Waals surface area contributed by atoms with E-state index in [9.17, 15) is 13.5 Å². The maximum Gasteiger partial charge on any atom is 0.177 e. The minimum absolute atomic E-state index is 0.137. The summed E-state index contributed by atoms with van der Waals surface area (Å²) in [6.45, 7) is 0. The Morgan fingerprint density at radius 1 is 1.53 bits per heavy atom. The van der Waals surface area contributed by atoms with Crippen LogP contribution in [0.3, 0.4) is 0 Å². The first-order valence-electron chi connectivity index (χ1n) is 5.61. The van der Waals surface area contributed by atoms with E-state index in [1.165, 1.54) is 4.80 Å². The maximum absolute atomic E-state index is 11.8. The average Bonchev–Trinajstić information content (AvgIpc) is 2.63. The minimum atomic E-state index is -3.17. The molecule has 1 aliphatic rings. The molecule has 0 aromatic carbocycles. The van der Waals surface area contributed by atoms with Crippen molar-refractivity contribution < 1.29 is 13.5 Å². The summed E-state index contributed by atoms with van der Waals surface area (Å²) in [4.78, 5) is 1.29. The second-order valence-corrected chi connectivity index (χ2v) is 6.71. The van der Waals surface area contributed by atoms with Crippen LogP contribution < -0.4 is 0 Å². The zero-order valence-corrected chi connectivity index (χ0v) is 10.5. The topological polar surface area (TPSA) is 98.0 Å². The van der Waals surface area contributed by atoms with Crippen LogP contribution >= 0.6 is 0 Å². The highest BCUT2D eigenvalue weighted by molar-refractivity contribution is 7.92. The zero-order chi connectivity index (χ0) is 12.5. The Balaban J connectivity index is 2.06. The van der Waals surface area contributed by atoms with Crippen LogP contribution in [0.15, 0.2) is 0 Å². The molecule has 0 saturated carbocycles. The van der Waals surface area contributed by atoms with Gasteiger partial charge >= 0.3 is 0 Å². The van der Waals surface area contributed by atoms with E-state index in [-0.39, 0.29) is 12.2 Å². The van der Waals surface area contributed by atoms with Crippen LogP contribution in [0.1, 0.15) is 25.1 Å². The van der Waals surface area contributed by atoms with Crippen LogP contribution in [0, 0.1) is 0 Å². The van der Waals surface area contributed by atoms with Gasteiger partial charge in [-0.25, -0.2) is 8.42 Å². The number of aryl methyl sites for hydroxylation is 1. The van der Waals surface area contributed by atoms with E-state index >= 15 is 0 Å². The van der Waals surface area contributed by atoms with Crippen molar-refractivity contribution in [1.82, 2.24) is 20.2 Å². The fourth-order valence-corrected chi connectivity index (χ4v) is 4.14. The molecule has 0 bridgehead atoms. The van der Waals surface area contributed by atoms with Gasteiger partial charge in [0.15, 0.2) is 15.7 Å². The smallest absolute Gasteiger partial charge is 0.177 e. The summed E-state index contributed by atoms with van der Waals surface area (Å²) in [5, 5.41) is 20.6. The molecule has 2 unspecified atom stereocenters. The van der Waals surface area contributed by atoms with Gasteiger partial charge in [-0.3, -0.25) is 0 Å². The van der Waals surface area contributed by atoms with Crippen LogP contribution in [-0.2, 0) is 23.3 Å². The molecule has 17 heavy (non-hydrogen) atoms. The fourth-order valence-electron chi connectivity index (χ4n) is 2.13. The number of tetrazole rings is 1. The Labute approximate surface area is 99.7 Å². The molecule has 1 aliphatic heterocycles. The Bertz CT molecular complexity index is 484. The molecule has 0 aliphatic carbocycles. The summed E-state index contributed by atoms with van der Waals surface area (Å²) in [5.74, 6) is 0.545. The van der Waals surface area contributed by atoms with Crippen molar-refractivity contribution in [2.45, 2.75) is 37.0 Å². The quantitative estimate of drug-likeness (QED) is 0.755. The molecule has 1 saturated heterocycles. The predicted octanol–water partition coefficient (Wildman–Crippen LogP) is -0.919. The van der Waals surface area contributed by atoms with Crippen molar-refractivity contribution in [1.29, 1.82) is 0 Å². The highest BCUT2D eigenvalue weighted by atomic mass is 32.2. The summed E-state index contributed by atoms with van der Waals surface area (Å²) < 4.78 is 23.6. The zero-order valence-electron chi connectivity index (χ0n) is 9.65. The third-order valence-corrected chi connectivity index (χ3v) is 5.33. The summed E-state index contributed by atoms with van der Waals surface area (Å²) in [6, 6.07) is 0. The van der Waals surface area contributed by atoms with E-state index < -0.39 is 21.2 Å². The molecule has 7 nitrogen and oxygen atoms in total. The van der Waals surface area contributed by atoms with E-state index in [1.54, 1.807) is 7.05 Å². The van der Waals surface area contributed by atoms with Gasteiger partial charge in [0.2, 0.25) is 0 Å². The number of nitrogens with zero attached hydrogens (tertiary/aromatic N) is 4. The lowest BCUT2D eigenvalue weighted by Gasteiger charge is -2.25. The molecule has 2 heterocycles. The summed E-state index contributed by atoms with van der Waals surface area (Å²) in [5.41, 5.74) is 0. The first kappa shape index (κ1) is 12.4. The summed E-state index contributed by atoms with van der Waals surface area (Å²) in [7, 11) is -1.54. The SMILES string of the molecule is Cn1nnc(CC(O)C2CCCCS2(=O)=O)n1. The van der Waals surface area contributed by atoms with Crippen LogP contribution in [-0.4, -0.2) is 50.8 Å². The second-order valence-electron chi connectivity index (χ2n) is 4.37. The molecular formula is C9H16N4O3S. The van der Waals surface area contributed by atoms with E-state index in [4.69, 9.17) is 0 Å². The Morgan fingerprint density at radius 2 is 2.29 bits per heavy atom. The number of aromatic nitrogens is 4. The molecular weight excluding hydrogens is 244 g/mol. The highest BCUT2D eigenvalue weighted by Crippen LogP contribution is 2.23. The molecule has 1 fully saturated rings. The van der Waals surface area contributed by atoms with Gasteiger partial charge in [0.1, 0.15) is 0 Å². The molecule has 2 atom stereocenters. The number of aliphatic hydroxyl groups excluding tert-OH is 1. The normalized spacial score (nSPS) is 25.6. The summed E-state index contributed by atoms with van der Waals surface area (Å²) >= 11 is 0. The summed E-state index contributed by atoms with van der Waals surface area (Å²) in [6.07, 6.45) is 1.25. The molecule has 0 amide bonds. The maximum atomic E-state index is 11.8. The minimum Gasteiger partial charge on any atom is -0.391 e. The van der Waals surface area contributed by atoms with Crippen LogP contribution in [0.2, 0.25) is 0 Å². The van der Waals surface area contributed by atoms with Crippen molar-refractivity contribution in [3.63, 3.8) is 0 Å². The largest absolute Gasteiger partial charge is 0.391 e. The van der Waals surface area contributed by atoms with Crippen molar-refractivity contribution in [3.05, 3.63) is 5.82 Å². The number of rotatable bonds is 3. The van der Waals surface area contributed by atoms with Gasteiger partial charge in [-0.2, -0.15) is 4.80 Å². The van der Waals surface area contributed by atoms with Crippen LogP contribution in [0.4, 0.5) is 0 Å². The molecule has 2 rings (SSSR count). The van der Waals surface area contributed by atoms with Crippen molar-refractivity contribution in [2.24, 2.45) is 7.05 Å². The molecule has 0 spiro atoms. The van der Waals surface area contributed by atoms with Gasteiger partial charge in [-0.05, 0) is 18.1 Å². The third kappa shape index (κ3) is 2.81. The fraction of sp³-hybridized carbons (Fsp3) is 0.889. The monoisotopic (exact) mass is 260 g/mol. The van der Waals surface area contributed by atoms with E-state index in [1.807, 2.05) is 0 Å². The average molecular weight is 260 g/mol. The van der Waals surface area contributed by atoms with Gasteiger partial charge in [-0.15, -0.1) is 10.2 Å². The second kappa shape index (κ2) is 4.69. The molecule has 1 aromatic heterocycles. The molecule has 1 aromatic rings. The number of hydrogen-bond donors (Lipinski definition) is 1. The van der Waals surface area contributed by atoms with Gasteiger partial charge in [0.25, 0.3) is 0 Å². The van der Waals surface area contributed by atoms with E-state index in [0.29, 0.717) is 18.7 Å². The van der Waals surface area contributed by atoms with Crippen molar-refractivity contribution in [3.8, 4) is 0 Å². The standard InChI is InChI=1S/C9H16N4O3S/c1-13-11-9(10-12-13)6-7(14)8-4-2-3-5-17(8,15)16/h7-8,14H,2-6H2,1H3. The van der Waals surface area contributed by atoms with Crippen LogP contribution in [0.25, 0.3) is 0 Å². The van der Waals surface area contributed by atoms with Crippen LogP contribution in [0.5, 0.6) is 0 Å². The lowest BCUT2D eigenvalue weighted by Crippen LogP contribution is -2.39. The van der Waals surface area contributed by atoms with Crippen molar-refractivity contribution in [2.75, 3.05) is 5.75 Å². The molecule has 1 N–H and O–H groups in total. The van der Waals surface area contributed by atoms with Crippen molar-refractivity contribution >= 4 is 9.84 Å². The van der Waals surface area contributed by atoms with Gasteiger partial charge < -0.3 is 5.11 Å². The molecule has 0 radical (unpaired) electrons. The van der Waals surface area contributed by atoms with Gasteiger partial charge in [-0.1, -0.05) is 6.42 Å². The van der Waals surface area contributed by atoms with E-state index in [0.717, 1.165) is 6.42 Å². The molecule has 8 heteroatoms. The first-order chi connectivity index (χ1) is 7.99. The lowest BCUT2D eigenvalue weighted by molar-refractivity contribution is 0.159. The first-order valence-corrected chi connectivity index (χ1v) is 7.33. The number of aliphatic hydroxyl groups is 1. The highest BCUT2D eigenvalue weighted by Gasteiger charge is 2.35. The number of sulfone groups is 1. The Hall–Kier alpha value is -1.02. The molecule has 96 valence electrons. The lowest BCUT2D eigenvalue weighted by atomic mass is 10.1.